The first kappa shape index (κ1) is 16.9. The molecule has 0 heterocycles. The summed E-state index contributed by atoms with van der Waals surface area (Å²) in [4.78, 5) is 12.1. The van der Waals surface area contributed by atoms with Crippen molar-refractivity contribution in [3.63, 3.8) is 0 Å². The zero-order valence-corrected chi connectivity index (χ0v) is 13.7. The molecule has 0 aromatic heterocycles. The van der Waals surface area contributed by atoms with Gasteiger partial charge in [-0.2, -0.15) is 5.26 Å². The molecular formula is C18H17ClN2O2. The largest absolute Gasteiger partial charge is 0.479 e. The lowest BCUT2D eigenvalue weighted by atomic mass is 10.1. The zero-order valence-electron chi connectivity index (χ0n) is 13.0. The van der Waals surface area contributed by atoms with Crippen LogP contribution in [0.4, 0.5) is 0 Å². The summed E-state index contributed by atoms with van der Waals surface area (Å²) in [5, 5.41) is 11.9. The molecule has 4 nitrogen and oxygen atoms in total. The molecule has 5 heteroatoms. The number of rotatable bonds is 5. The monoisotopic (exact) mass is 328 g/mol. The zero-order chi connectivity index (χ0) is 16.8. The number of hydrogen-bond donors (Lipinski definition) is 1. The van der Waals surface area contributed by atoms with E-state index in [2.05, 4.69) is 5.32 Å². The summed E-state index contributed by atoms with van der Waals surface area (Å²) in [5.74, 6) is 0.148. The van der Waals surface area contributed by atoms with Crippen LogP contribution in [0.25, 0.3) is 0 Å². The van der Waals surface area contributed by atoms with E-state index < -0.39 is 6.10 Å². The molecule has 23 heavy (non-hydrogen) atoms. The van der Waals surface area contributed by atoms with Gasteiger partial charge >= 0.3 is 0 Å². The minimum atomic E-state index is -0.689. The van der Waals surface area contributed by atoms with E-state index in [9.17, 15) is 4.79 Å². The molecule has 0 bridgehead atoms. The highest BCUT2D eigenvalue weighted by Gasteiger charge is 2.16. The van der Waals surface area contributed by atoms with Gasteiger partial charge in [0.1, 0.15) is 5.75 Å². The second kappa shape index (κ2) is 7.66. The van der Waals surface area contributed by atoms with Crippen molar-refractivity contribution in [2.45, 2.75) is 26.5 Å². The van der Waals surface area contributed by atoms with E-state index >= 15 is 0 Å². The summed E-state index contributed by atoms with van der Waals surface area (Å²) in [6.07, 6.45) is -0.689. The quantitative estimate of drug-likeness (QED) is 0.912. The summed E-state index contributed by atoms with van der Waals surface area (Å²) in [6.45, 7) is 4.10. The first-order valence-corrected chi connectivity index (χ1v) is 7.57. The third-order valence-electron chi connectivity index (χ3n) is 3.32. The molecule has 0 saturated heterocycles. The van der Waals surface area contributed by atoms with Crippen molar-refractivity contribution >= 4 is 17.5 Å². The minimum Gasteiger partial charge on any atom is -0.479 e. The van der Waals surface area contributed by atoms with Crippen molar-refractivity contribution < 1.29 is 9.53 Å². The number of nitrogens with zero attached hydrogens (tertiary/aromatic N) is 1. The van der Waals surface area contributed by atoms with E-state index in [1.54, 1.807) is 19.1 Å². The standard InChI is InChI=1S/C18H17ClN2O2/c1-12-3-5-14(6-4-12)11-21-18(22)13(2)23-17-8-7-15(10-20)9-16(17)19/h3-9,13H,11H2,1-2H3,(H,21,22)/t13-/m1/s1. The van der Waals surface area contributed by atoms with Gasteiger partial charge in [-0.3, -0.25) is 4.79 Å². The van der Waals surface area contributed by atoms with Crippen LogP contribution in [0.2, 0.25) is 5.02 Å². The number of nitriles is 1. The Labute approximate surface area is 140 Å². The lowest BCUT2D eigenvalue weighted by Gasteiger charge is -2.15. The Balaban J connectivity index is 1.92. The molecule has 0 spiro atoms. The summed E-state index contributed by atoms with van der Waals surface area (Å²) in [5.41, 5.74) is 2.64. The first-order chi connectivity index (χ1) is 11.0. The van der Waals surface area contributed by atoms with Gasteiger partial charge in [0.2, 0.25) is 0 Å². The number of carbonyl (C=O) groups is 1. The van der Waals surface area contributed by atoms with Gasteiger partial charge in [0, 0.05) is 6.54 Å². The molecule has 0 aliphatic carbocycles. The maximum atomic E-state index is 12.1. The van der Waals surface area contributed by atoms with Gasteiger partial charge in [0.15, 0.2) is 6.10 Å². The van der Waals surface area contributed by atoms with Gasteiger partial charge in [0.05, 0.1) is 16.7 Å². The number of benzene rings is 2. The molecule has 0 unspecified atom stereocenters. The Kier molecular flexibility index (Phi) is 5.61. The van der Waals surface area contributed by atoms with Crippen LogP contribution >= 0.6 is 11.6 Å². The molecule has 0 radical (unpaired) electrons. The van der Waals surface area contributed by atoms with Gasteiger partial charge in [0.25, 0.3) is 5.91 Å². The fourth-order valence-electron chi connectivity index (χ4n) is 1.95. The van der Waals surface area contributed by atoms with E-state index in [0.29, 0.717) is 22.9 Å². The van der Waals surface area contributed by atoms with Gasteiger partial charge in [-0.25, -0.2) is 0 Å². The molecule has 118 valence electrons. The van der Waals surface area contributed by atoms with E-state index in [1.807, 2.05) is 37.3 Å². The highest BCUT2D eigenvalue weighted by atomic mass is 35.5. The second-order valence-electron chi connectivity index (χ2n) is 5.22. The van der Waals surface area contributed by atoms with Crippen LogP contribution in [0, 0.1) is 18.3 Å². The molecule has 0 saturated carbocycles. The fraction of sp³-hybridized carbons (Fsp3) is 0.222. The number of carbonyl (C=O) groups excluding carboxylic acids is 1. The first-order valence-electron chi connectivity index (χ1n) is 7.19. The van der Waals surface area contributed by atoms with Crippen molar-refractivity contribution in [2.75, 3.05) is 0 Å². The van der Waals surface area contributed by atoms with Gasteiger partial charge in [-0.15, -0.1) is 0 Å². The summed E-state index contributed by atoms with van der Waals surface area (Å²) in [6, 6.07) is 14.6. The molecule has 1 atom stereocenters. The lowest BCUT2D eigenvalue weighted by molar-refractivity contribution is -0.127. The number of amides is 1. The normalized spacial score (nSPS) is 11.4. The number of nitrogens with one attached hydrogen (secondary N) is 1. The average Bonchev–Trinajstić information content (AvgIpc) is 2.55. The third-order valence-corrected chi connectivity index (χ3v) is 3.62. The van der Waals surface area contributed by atoms with Crippen LogP contribution in [0.5, 0.6) is 5.75 Å². The Bertz CT molecular complexity index is 736. The molecule has 2 aromatic carbocycles. The number of hydrogen-bond acceptors (Lipinski definition) is 3. The topological polar surface area (TPSA) is 62.1 Å². The predicted octanol–water partition coefficient (Wildman–Crippen LogP) is 3.60. The molecule has 0 fully saturated rings. The van der Waals surface area contributed by atoms with Crippen molar-refractivity contribution in [3.8, 4) is 11.8 Å². The van der Waals surface area contributed by atoms with Crippen LogP contribution in [0.15, 0.2) is 42.5 Å². The molecule has 2 aromatic rings. The number of ether oxygens (including phenoxy) is 1. The highest BCUT2D eigenvalue weighted by Crippen LogP contribution is 2.26. The maximum Gasteiger partial charge on any atom is 0.261 e. The minimum absolute atomic E-state index is 0.231. The van der Waals surface area contributed by atoms with Crippen LogP contribution in [-0.4, -0.2) is 12.0 Å². The van der Waals surface area contributed by atoms with Crippen molar-refractivity contribution in [2.24, 2.45) is 0 Å². The molecule has 0 aliphatic heterocycles. The second-order valence-corrected chi connectivity index (χ2v) is 5.63. The lowest BCUT2D eigenvalue weighted by Crippen LogP contribution is -2.35. The average molecular weight is 329 g/mol. The number of aryl methyl sites for hydroxylation is 1. The van der Waals surface area contributed by atoms with Gasteiger partial charge < -0.3 is 10.1 Å². The SMILES string of the molecule is Cc1ccc(CNC(=O)[C@@H](C)Oc2ccc(C#N)cc2Cl)cc1. The van der Waals surface area contributed by atoms with E-state index in [4.69, 9.17) is 21.6 Å². The molecule has 1 amide bonds. The van der Waals surface area contributed by atoms with Crippen molar-refractivity contribution in [1.82, 2.24) is 5.32 Å². The number of halogens is 1. The summed E-state index contributed by atoms with van der Waals surface area (Å²) < 4.78 is 5.56. The molecular weight excluding hydrogens is 312 g/mol. The smallest absolute Gasteiger partial charge is 0.261 e. The third kappa shape index (κ3) is 4.73. The Hall–Kier alpha value is -2.51. The van der Waals surface area contributed by atoms with Crippen LogP contribution in [-0.2, 0) is 11.3 Å². The Morgan fingerprint density at radius 1 is 1.30 bits per heavy atom. The van der Waals surface area contributed by atoms with Crippen molar-refractivity contribution in [1.29, 1.82) is 5.26 Å². The van der Waals surface area contributed by atoms with Crippen LogP contribution < -0.4 is 10.1 Å². The van der Waals surface area contributed by atoms with Crippen molar-refractivity contribution in [3.05, 3.63) is 64.2 Å². The summed E-state index contributed by atoms with van der Waals surface area (Å²) >= 11 is 6.04. The molecule has 0 aliphatic rings. The predicted molar refractivity (Wildman–Crippen MR) is 89.3 cm³/mol. The van der Waals surface area contributed by atoms with E-state index in [-0.39, 0.29) is 5.91 Å². The maximum absolute atomic E-state index is 12.1. The summed E-state index contributed by atoms with van der Waals surface area (Å²) in [7, 11) is 0. The van der Waals surface area contributed by atoms with Gasteiger partial charge in [-0.1, -0.05) is 41.4 Å². The highest BCUT2D eigenvalue weighted by molar-refractivity contribution is 6.32. The Morgan fingerprint density at radius 2 is 2.00 bits per heavy atom. The van der Waals surface area contributed by atoms with E-state index in [0.717, 1.165) is 5.56 Å². The molecule has 1 N–H and O–H groups in total. The molecule has 2 rings (SSSR count). The van der Waals surface area contributed by atoms with Crippen LogP contribution in [0.3, 0.4) is 0 Å². The van der Waals surface area contributed by atoms with Crippen LogP contribution in [0.1, 0.15) is 23.6 Å². The van der Waals surface area contributed by atoms with E-state index in [1.165, 1.54) is 11.6 Å². The fourth-order valence-corrected chi connectivity index (χ4v) is 2.17. The van der Waals surface area contributed by atoms with Gasteiger partial charge in [-0.05, 0) is 37.6 Å². The Morgan fingerprint density at radius 3 is 2.61 bits per heavy atom.